The molecule has 0 saturated heterocycles. The molecule has 2 aromatic carbocycles. The van der Waals surface area contributed by atoms with Crippen LogP contribution in [-0.2, 0) is 0 Å². The second-order valence-electron chi connectivity index (χ2n) is 10.4. The largest absolute Gasteiger partial charge is 0.491 e. The molecule has 9 heteroatoms. The van der Waals surface area contributed by atoms with Crippen molar-refractivity contribution in [3.63, 3.8) is 0 Å². The van der Waals surface area contributed by atoms with Gasteiger partial charge in [0.05, 0.1) is 12.2 Å². The molecule has 2 fully saturated rings. The van der Waals surface area contributed by atoms with Crippen LogP contribution in [-0.4, -0.2) is 19.3 Å². The van der Waals surface area contributed by atoms with Crippen LogP contribution in [0, 0.1) is 41.0 Å². The summed E-state index contributed by atoms with van der Waals surface area (Å²) >= 11 is 0. The van der Waals surface area contributed by atoms with Crippen LogP contribution in [0.25, 0.3) is 0 Å². The molecule has 212 valence electrons. The first-order valence-corrected chi connectivity index (χ1v) is 13.5. The fourth-order valence-corrected chi connectivity index (χ4v) is 6.04. The molecule has 2 aliphatic carbocycles. The van der Waals surface area contributed by atoms with E-state index in [1.54, 1.807) is 6.92 Å². The van der Waals surface area contributed by atoms with E-state index in [1.807, 2.05) is 0 Å². The van der Waals surface area contributed by atoms with Crippen LogP contribution in [0.5, 0.6) is 11.5 Å². The summed E-state index contributed by atoms with van der Waals surface area (Å²) in [6.45, 7) is 0.604. The summed E-state index contributed by atoms with van der Waals surface area (Å²) in [6.07, 6.45) is 8.00. The molecule has 0 bridgehead atoms. The SMILES string of the molecule is CCOc1ccc(C(=O)Oc2ccc(C3CCC(C4CCC(C=C(F)CF)CC4)CC3)c(F)c2F)c(F)c1F. The summed E-state index contributed by atoms with van der Waals surface area (Å²) in [5, 5.41) is 0. The summed E-state index contributed by atoms with van der Waals surface area (Å²) in [7, 11) is 0. The normalized spacial score (nSPS) is 23.9. The van der Waals surface area contributed by atoms with Crippen LogP contribution in [0.15, 0.2) is 36.2 Å². The van der Waals surface area contributed by atoms with E-state index in [4.69, 9.17) is 9.47 Å². The number of esters is 1. The fourth-order valence-electron chi connectivity index (χ4n) is 6.04. The van der Waals surface area contributed by atoms with Gasteiger partial charge in [-0.25, -0.2) is 22.4 Å². The van der Waals surface area contributed by atoms with Crippen molar-refractivity contribution in [2.45, 2.75) is 64.2 Å². The minimum absolute atomic E-state index is 0.0722. The summed E-state index contributed by atoms with van der Waals surface area (Å²) in [4.78, 5) is 12.4. The van der Waals surface area contributed by atoms with Gasteiger partial charge in [-0.15, -0.1) is 0 Å². The zero-order chi connectivity index (χ0) is 28.1. The molecule has 3 nitrogen and oxygen atoms in total. The smallest absolute Gasteiger partial charge is 0.346 e. The minimum Gasteiger partial charge on any atom is -0.491 e. The molecule has 0 atom stereocenters. The Balaban J connectivity index is 1.36. The molecule has 2 saturated carbocycles. The molecule has 0 spiro atoms. The van der Waals surface area contributed by atoms with Gasteiger partial charge in [0.15, 0.2) is 23.1 Å². The van der Waals surface area contributed by atoms with Gasteiger partial charge in [-0.2, -0.15) is 8.78 Å². The molecule has 0 heterocycles. The lowest BCUT2D eigenvalue weighted by Crippen LogP contribution is -2.25. The zero-order valence-electron chi connectivity index (χ0n) is 21.8. The van der Waals surface area contributed by atoms with E-state index >= 15 is 4.39 Å². The lowest BCUT2D eigenvalue weighted by Gasteiger charge is -2.37. The third-order valence-corrected chi connectivity index (χ3v) is 8.09. The standard InChI is InChI=1S/C30H32F6O3/c1-2-38-24-13-12-23(27(34)28(24)35)30(37)39-25-14-11-22(26(33)29(25)36)20-9-7-19(8-10-20)18-5-3-17(4-6-18)15-21(32)16-31/h11-15,17-20H,2-10,16H2,1H3. The number of halogens is 6. The monoisotopic (exact) mass is 554 g/mol. The zero-order valence-corrected chi connectivity index (χ0v) is 21.8. The van der Waals surface area contributed by atoms with Gasteiger partial charge >= 0.3 is 5.97 Å². The Kier molecular flexibility index (Phi) is 9.62. The van der Waals surface area contributed by atoms with Crippen LogP contribution >= 0.6 is 0 Å². The highest BCUT2D eigenvalue weighted by Crippen LogP contribution is 2.45. The summed E-state index contributed by atoms with van der Waals surface area (Å²) < 4.78 is 93.8. The van der Waals surface area contributed by atoms with Crippen molar-refractivity contribution in [2.75, 3.05) is 13.3 Å². The third-order valence-electron chi connectivity index (χ3n) is 8.09. The number of ether oxygens (including phenoxy) is 2. The van der Waals surface area contributed by atoms with Gasteiger partial charge in [0.1, 0.15) is 12.5 Å². The summed E-state index contributed by atoms with van der Waals surface area (Å²) in [5.74, 6) is -7.70. The number of hydrogen-bond donors (Lipinski definition) is 0. The Hall–Kier alpha value is -2.97. The molecular formula is C30H32F6O3. The van der Waals surface area contributed by atoms with Crippen molar-refractivity contribution < 1.29 is 40.6 Å². The van der Waals surface area contributed by atoms with E-state index in [2.05, 4.69) is 0 Å². The van der Waals surface area contributed by atoms with Crippen molar-refractivity contribution in [2.24, 2.45) is 17.8 Å². The Morgan fingerprint density at radius 1 is 0.821 bits per heavy atom. The maximum Gasteiger partial charge on any atom is 0.346 e. The highest BCUT2D eigenvalue weighted by Gasteiger charge is 2.33. The quantitative estimate of drug-likeness (QED) is 0.186. The lowest BCUT2D eigenvalue weighted by atomic mass is 9.68. The fraction of sp³-hybridized carbons (Fsp3) is 0.500. The molecule has 4 rings (SSSR count). The number of carbonyl (C=O) groups is 1. The van der Waals surface area contributed by atoms with E-state index in [9.17, 15) is 26.7 Å². The lowest BCUT2D eigenvalue weighted by molar-refractivity contribution is 0.0720. The second kappa shape index (κ2) is 12.9. The van der Waals surface area contributed by atoms with Crippen LogP contribution in [0.3, 0.4) is 0 Å². The molecule has 2 aliphatic rings. The van der Waals surface area contributed by atoms with Gasteiger partial charge in [0.2, 0.25) is 11.6 Å². The number of alkyl halides is 1. The van der Waals surface area contributed by atoms with Gasteiger partial charge in [-0.1, -0.05) is 6.07 Å². The number of rotatable bonds is 8. The average Bonchev–Trinajstić information content (AvgIpc) is 2.94. The van der Waals surface area contributed by atoms with Crippen molar-refractivity contribution in [1.82, 2.24) is 0 Å². The van der Waals surface area contributed by atoms with Gasteiger partial charge in [-0.3, -0.25) is 0 Å². The van der Waals surface area contributed by atoms with Gasteiger partial charge in [0, 0.05) is 0 Å². The van der Waals surface area contributed by atoms with E-state index < -0.39 is 53.1 Å². The van der Waals surface area contributed by atoms with Crippen molar-refractivity contribution >= 4 is 5.97 Å². The maximum absolute atomic E-state index is 15.0. The van der Waals surface area contributed by atoms with Crippen molar-refractivity contribution in [3.8, 4) is 11.5 Å². The summed E-state index contributed by atoms with van der Waals surface area (Å²) in [5.41, 5.74) is -0.574. The van der Waals surface area contributed by atoms with Crippen LogP contribution in [0.4, 0.5) is 26.3 Å². The maximum atomic E-state index is 15.0. The third kappa shape index (κ3) is 6.61. The van der Waals surface area contributed by atoms with Gasteiger partial charge in [0.25, 0.3) is 0 Å². The predicted octanol–water partition coefficient (Wildman–Crippen LogP) is 8.76. The predicted molar refractivity (Wildman–Crippen MR) is 134 cm³/mol. The number of benzene rings is 2. The molecule has 0 radical (unpaired) electrons. The minimum atomic E-state index is -1.50. The van der Waals surface area contributed by atoms with E-state index in [0.29, 0.717) is 24.7 Å². The molecule has 0 aliphatic heterocycles. The highest BCUT2D eigenvalue weighted by molar-refractivity contribution is 5.91. The first kappa shape index (κ1) is 29.0. The first-order chi connectivity index (χ1) is 18.7. The second-order valence-corrected chi connectivity index (χ2v) is 10.4. The highest BCUT2D eigenvalue weighted by atomic mass is 19.2. The summed E-state index contributed by atoms with van der Waals surface area (Å²) in [6, 6.07) is 4.52. The topological polar surface area (TPSA) is 35.5 Å². The Bertz CT molecular complexity index is 1200. The average molecular weight is 555 g/mol. The Morgan fingerprint density at radius 3 is 2.03 bits per heavy atom. The molecule has 2 aromatic rings. The van der Waals surface area contributed by atoms with Crippen LogP contribution < -0.4 is 9.47 Å². The molecule has 0 unspecified atom stereocenters. The number of carbonyl (C=O) groups excluding carboxylic acids is 1. The van der Waals surface area contributed by atoms with E-state index in [-0.39, 0.29) is 29.8 Å². The number of allylic oxidation sites excluding steroid dienone is 2. The van der Waals surface area contributed by atoms with Crippen LogP contribution in [0.1, 0.15) is 80.1 Å². The molecule has 0 aromatic heterocycles. The molecular weight excluding hydrogens is 522 g/mol. The van der Waals surface area contributed by atoms with E-state index in [0.717, 1.165) is 56.7 Å². The van der Waals surface area contributed by atoms with Gasteiger partial charge < -0.3 is 9.47 Å². The van der Waals surface area contributed by atoms with Crippen molar-refractivity contribution in [1.29, 1.82) is 0 Å². The first-order valence-electron chi connectivity index (χ1n) is 13.5. The molecule has 39 heavy (non-hydrogen) atoms. The number of hydrogen-bond acceptors (Lipinski definition) is 3. The molecule has 0 N–H and O–H groups in total. The van der Waals surface area contributed by atoms with Gasteiger partial charge in [-0.05, 0) is 112 Å². The van der Waals surface area contributed by atoms with Crippen molar-refractivity contribution in [3.05, 3.63) is 70.6 Å². The van der Waals surface area contributed by atoms with E-state index in [1.165, 1.54) is 12.1 Å². The van der Waals surface area contributed by atoms with Crippen LogP contribution in [0.2, 0.25) is 0 Å². The molecule has 0 amide bonds. The Morgan fingerprint density at radius 2 is 1.41 bits per heavy atom. The Labute approximate surface area is 224 Å².